The van der Waals surface area contributed by atoms with Crippen LogP contribution in [0.25, 0.3) is 0 Å². The molecule has 0 saturated heterocycles. The number of carbonyl (C=O) groups is 3. The number of esters is 1. The van der Waals surface area contributed by atoms with E-state index in [1.807, 2.05) is 0 Å². The van der Waals surface area contributed by atoms with Crippen molar-refractivity contribution in [3.8, 4) is 0 Å². The van der Waals surface area contributed by atoms with Crippen LogP contribution in [0.5, 0.6) is 0 Å². The molecular formula is C15H20N2O7S. The number of ether oxygens (including phenoxy) is 1. The smallest absolute Gasteiger partial charge is 0.329 e. The Balaban J connectivity index is 2.61. The molecule has 0 heterocycles. The molecule has 1 rings (SSSR count). The van der Waals surface area contributed by atoms with Crippen molar-refractivity contribution >= 4 is 28.8 Å². The fraction of sp³-hybridized carbons (Fsp3) is 0.400. The molecule has 1 aromatic carbocycles. The summed E-state index contributed by atoms with van der Waals surface area (Å²) in [5.74, 6) is -0.950. The molecule has 25 heavy (non-hydrogen) atoms. The number of carbonyl (C=O) groups excluding carboxylic acids is 3. The van der Waals surface area contributed by atoms with E-state index in [2.05, 4.69) is 10.2 Å². The van der Waals surface area contributed by atoms with Gasteiger partial charge < -0.3 is 15.3 Å². The van der Waals surface area contributed by atoms with Crippen LogP contribution in [0.1, 0.15) is 29.8 Å². The Morgan fingerprint density at radius 2 is 1.96 bits per heavy atom. The van der Waals surface area contributed by atoms with Crippen LogP contribution in [0.4, 0.5) is 0 Å². The number of hydrogen-bond donors (Lipinski definition) is 3. The second-order valence-electron chi connectivity index (χ2n) is 4.86. The third-order valence-electron chi connectivity index (χ3n) is 2.88. The summed E-state index contributed by atoms with van der Waals surface area (Å²) in [6.45, 7) is 2.99. The highest BCUT2D eigenvalue weighted by molar-refractivity contribution is 8.14. The van der Waals surface area contributed by atoms with Crippen molar-refractivity contribution in [1.82, 2.24) is 5.32 Å². The summed E-state index contributed by atoms with van der Waals surface area (Å²) in [5, 5.41) is 19.6. The van der Waals surface area contributed by atoms with Crippen LogP contribution in [-0.4, -0.2) is 40.6 Å². The normalized spacial score (nSPS) is 13.0. The summed E-state index contributed by atoms with van der Waals surface area (Å²) >= 11 is 0.878. The van der Waals surface area contributed by atoms with E-state index in [1.54, 1.807) is 19.1 Å². The third kappa shape index (κ3) is 8.09. The van der Waals surface area contributed by atoms with Crippen molar-refractivity contribution in [2.24, 2.45) is 0 Å². The van der Waals surface area contributed by atoms with Crippen molar-refractivity contribution in [2.45, 2.75) is 26.5 Å². The Bertz CT molecular complexity index is 592. The third-order valence-corrected chi connectivity index (χ3v) is 3.88. The molecule has 0 aliphatic heterocycles. The Kier molecular flexibility index (Phi) is 9.10. The molecule has 0 radical (unpaired) electrons. The summed E-state index contributed by atoms with van der Waals surface area (Å²) in [6.07, 6.45) is 0. The molecule has 0 fully saturated rings. The second kappa shape index (κ2) is 10.8. The predicted molar refractivity (Wildman–Crippen MR) is 88.4 cm³/mol. The van der Waals surface area contributed by atoms with Gasteiger partial charge in [-0.25, -0.2) is 4.79 Å². The molecule has 0 saturated carbocycles. The standard InChI is InChI=1S/C15H20N2O7S/c1-3-23-14(19)13(16-10(2)18)9-25-15(20)12-6-4-11(5-7-12)8-24-17(21)22/h4-7,13,17,21H,3,8-9H2,1-2H3,(H,16,18)/t13-/m0/s1. The average molecular weight is 372 g/mol. The van der Waals surface area contributed by atoms with Gasteiger partial charge in [0, 0.05) is 18.2 Å². The molecule has 1 amide bonds. The zero-order valence-electron chi connectivity index (χ0n) is 13.8. The molecule has 1 unspecified atom stereocenters. The van der Waals surface area contributed by atoms with E-state index in [0.29, 0.717) is 11.1 Å². The summed E-state index contributed by atoms with van der Waals surface area (Å²) in [7, 11) is 0. The minimum atomic E-state index is -1.38. The van der Waals surface area contributed by atoms with E-state index in [9.17, 15) is 19.6 Å². The van der Waals surface area contributed by atoms with Gasteiger partial charge in [0.15, 0.2) is 0 Å². The molecule has 138 valence electrons. The Morgan fingerprint density at radius 1 is 1.32 bits per heavy atom. The molecule has 10 heteroatoms. The average Bonchev–Trinajstić information content (AvgIpc) is 2.56. The first-order chi connectivity index (χ1) is 11.8. The van der Waals surface area contributed by atoms with Gasteiger partial charge in [0.2, 0.25) is 11.0 Å². The van der Waals surface area contributed by atoms with E-state index >= 15 is 0 Å². The molecule has 0 bridgehead atoms. The lowest BCUT2D eigenvalue weighted by molar-refractivity contribution is -1.21. The monoisotopic (exact) mass is 372 g/mol. The number of rotatable bonds is 9. The number of thioether (sulfide) groups is 1. The van der Waals surface area contributed by atoms with Crippen molar-refractivity contribution < 1.29 is 34.6 Å². The lowest BCUT2D eigenvalue weighted by Crippen LogP contribution is -3.03. The van der Waals surface area contributed by atoms with Crippen LogP contribution >= 0.6 is 11.8 Å². The Labute approximate surface area is 148 Å². The maximum absolute atomic E-state index is 12.2. The quantitative estimate of drug-likeness (QED) is 0.402. The van der Waals surface area contributed by atoms with E-state index in [4.69, 9.17) is 9.94 Å². The number of benzene rings is 1. The predicted octanol–water partition coefficient (Wildman–Crippen LogP) is -0.169. The summed E-state index contributed by atoms with van der Waals surface area (Å²) < 4.78 is 4.86. The topological polar surface area (TPSA) is 129 Å². The van der Waals surface area contributed by atoms with Gasteiger partial charge in [0.1, 0.15) is 12.6 Å². The van der Waals surface area contributed by atoms with Gasteiger partial charge in [-0.3, -0.25) is 9.59 Å². The van der Waals surface area contributed by atoms with Gasteiger partial charge in [-0.1, -0.05) is 41.4 Å². The van der Waals surface area contributed by atoms with Gasteiger partial charge in [0.05, 0.1) is 6.61 Å². The van der Waals surface area contributed by atoms with Gasteiger partial charge in [-0.15, -0.1) is 0 Å². The maximum atomic E-state index is 12.2. The fourth-order valence-electron chi connectivity index (χ4n) is 1.78. The van der Waals surface area contributed by atoms with E-state index in [0.717, 1.165) is 11.8 Å². The van der Waals surface area contributed by atoms with Crippen molar-refractivity contribution in [3.05, 3.63) is 40.6 Å². The molecule has 0 aromatic heterocycles. The SMILES string of the molecule is CCOC(=O)[C@H](CSC(=O)c1ccc(CO[NH+]([O-])O)cc1)NC(C)=O. The molecule has 3 N–H and O–H groups in total. The summed E-state index contributed by atoms with van der Waals surface area (Å²) in [4.78, 5) is 39.5. The lowest BCUT2D eigenvalue weighted by Gasteiger charge is -2.15. The molecule has 2 atom stereocenters. The summed E-state index contributed by atoms with van der Waals surface area (Å²) in [5.41, 5.74) is 0.987. The number of amides is 1. The van der Waals surface area contributed by atoms with Crippen LogP contribution in [0, 0.1) is 5.21 Å². The largest absolute Gasteiger partial charge is 0.566 e. The van der Waals surface area contributed by atoms with Crippen molar-refractivity contribution in [2.75, 3.05) is 12.4 Å². The summed E-state index contributed by atoms with van der Waals surface area (Å²) in [6, 6.07) is 5.32. The Hall–Kier alpha value is -1.98. The van der Waals surface area contributed by atoms with E-state index in [-0.39, 0.29) is 24.1 Å². The highest BCUT2D eigenvalue weighted by atomic mass is 32.2. The molecule has 0 aliphatic carbocycles. The highest BCUT2D eigenvalue weighted by Gasteiger charge is 2.22. The first kappa shape index (κ1) is 21.1. The number of quaternary nitrogens is 1. The van der Waals surface area contributed by atoms with Crippen molar-refractivity contribution in [1.29, 1.82) is 0 Å². The first-order valence-corrected chi connectivity index (χ1v) is 8.37. The fourth-order valence-corrected chi connectivity index (χ4v) is 2.62. The van der Waals surface area contributed by atoms with Gasteiger partial charge in [-0.05, 0) is 12.5 Å². The zero-order valence-corrected chi connectivity index (χ0v) is 14.6. The van der Waals surface area contributed by atoms with Crippen LogP contribution in [0.15, 0.2) is 24.3 Å². The number of nitrogens with one attached hydrogen (secondary N) is 2. The van der Waals surface area contributed by atoms with Gasteiger partial charge in [0.25, 0.3) is 0 Å². The minimum absolute atomic E-state index is 0.0428. The molecule has 9 nitrogen and oxygen atoms in total. The molecule has 1 aromatic rings. The first-order valence-electron chi connectivity index (χ1n) is 7.39. The zero-order chi connectivity index (χ0) is 18.8. The van der Waals surface area contributed by atoms with Crippen LogP contribution in [0.3, 0.4) is 0 Å². The highest BCUT2D eigenvalue weighted by Crippen LogP contribution is 2.15. The van der Waals surface area contributed by atoms with Crippen LogP contribution in [0.2, 0.25) is 0 Å². The van der Waals surface area contributed by atoms with Gasteiger partial charge in [-0.2, -0.15) is 10.0 Å². The number of hydrogen-bond acceptors (Lipinski definition) is 8. The lowest BCUT2D eigenvalue weighted by atomic mass is 10.2. The Morgan fingerprint density at radius 3 is 2.48 bits per heavy atom. The second-order valence-corrected chi connectivity index (χ2v) is 5.85. The molecule has 0 aliphatic rings. The molecular weight excluding hydrogens is 352 g/mol. The molecule has 0 spiro atoms. The maximum Gasteiger partial charge on any atom is 0.329 e. The van der Waals surface area contributed by atoms with E-state index in [1.165, 1.54) is 19.1 Å². The van der Waals surface area contributed by atoms with Gasteiger partial charge >= 0.3 is 5.97 Å². The minimum Gasteiger partial charge on any atom is -0.566 e. The van der Waals surface area contributed by atoms with E-state index < -0.39 is 23.3 Å². The van der Waals surface area contributed by atoms with Crippen molar-refractivity contribution in [3.63, 3.8) is 0 Å². The van der Waals surface area contributed by atoms with Crippen LogP contribution < -0.4 is 10.7 Å². The van der Waals surface area contributed by atoms with Crippen LogP contribution in [-0.2, 0) is 25.8 Å².